The van der Waals surface area contributed by atoms with Crippen LogP contribution in [0.3, 0.4) is 0 Å². The molecule has 6 nitrogen and oxygen atoms in total. The van der Waals surface area contributed by atoms with Gasteiger partial charge in [0.15, 0.2) is 0 Å². The molecule has 3 aromatic rings. The third-order valence-corrected chi connectivity index (χ3v) is 3.90. The minimum Gasteiger partial charge on any atom is -0.478 e. The lowest BCUT2D eigenvalue weighted by Gasteiger charge is -2.07. The molecule has 0 bridgehead atoms. The monoisotopic (exact) mass is 323 g/mol. The van der Waals surface area contributed by atoms with Gasteiger partial charge in [-0.1, -0.05) is 24.3 Å². The van der Waals surface area contributed by atoms with Crippen LogP contribution >= 0.6 is 0 Å². The fourth-order valence-electron chi connectivity index (χ4n) is 2.68. The molecule has 3 rings (SSSR count). The number of aromatic nitrogens is 2. The molecule has 1 amide bonds. The first kappa shape index (κ1) is 15.7. The number of carboxylic acid groups (broad SMARTS) is 1. The van der Waals surface area contributed by atoms with Crippen LogP contribution in [-0.4, -0.2) is 33.1 Å². The second-order valence-corrected chi connectivity index (χ2v) is 5.49. The van der Waals surface area contributed by atoms with Gasteiger partial charge in [0.25, 0.3) is 5.91 Å². The lowest BCUT2D eigenvalue weighted by Crippen LogP contribution is -2.26. The Kier molecular flexibility index (Phi) is 4.29. The Bertz CT molecular complexity index is 915. The molecular weight excluding hydrogens is 306 g/mol. The molecule has 0 saturated carbocycles. The van der Waals surface area contributed by atoms with Gasteiger partial charge in [0, 0.05) is 12.2 Å². The first-order valence-corrected chi connectivity index (χ1v) is 7.60. The maximum absolute atomic E-state index is 12.4. The molecule has 0 saturated heterocycles. The zero-order valence-corrected chi connectivity index (χ0v) is 13.2. The number of aromatic carboxylic acids is 1. The van der Waals surface area contributed by atoms with Crippen LogP contribution in [0.15, 0.2) is 48.7 Å². The molecule has 0 atom stereocenters. The van der Waals surface area contributed by atoms with E-state index in [4.69, 9.17) is 0 Å². The normalized spacial score (nSPS) is 10.7. The Hall–Kier alpha value is -3.15. The minimum atomic E-state index is -0.963. The van der Waals surface area contributed by atoms with Gasteiger partial charge in [-0.15, -0.1) is 0 Å². The van der Waals surface area contributed by atoms with Crippen LogP contribution < -0.4 is 5.32 Å². The number of rotatable bonds is 5. The van der Waals surface area contributed by atoms with Crippen LogP contribution in [0.5, 0.6) is 0 Å². The molecule has 0 fully saturated rings. The van der Waals surface area contributed by atoms with Gasteiger partial charge in [0.05, 0.1) is 22.8 Å². The largest absolute Gasteiger partial charge is 0.478 e. The molecule has 2 heterocycles. The molecule has 0 radical (unpaired) electrons. The van der Waals surface area contributed by atoms with Crippen molar-refractivity contribution in [1.82, 2.24) is 14.9 Å². The quantitative estimate of drug-likeness (QED) is 0.755. The Morgan fingerprint density at radius 3 is 2.71 bits per heavy atom. The number of hydrogen-bond donors (Lipinski definition) is 2. The van der Waals surface area contributed by atoms with Gasteiger partial charge < -0.3 is 10.4 Å². The molecule has 0 aliphatic rings. The second-order valence-electron chi connectivity index (χ2n) is 5.49. The van der Waals surface area contributed by atoms with Crippen LogP contribution in [0.4, 0.5) is 0 Å². The van der Waals surface area contributed by atoms with Gasteiger partial charge in [-0.25, -0.2) is 9.31 Å². The average Bonchev–Trinajstić information content (AvgIpc) is 3.00. The number of aryl methyl sites for hydroxylation is 1. The zero-order chi connectivity index (χ0) is 17.1. The summed E-state index contributed by atoms with van der Waals surface area (Å²) in [5.74, 6) is -1.18. The molecular formula is C18H17N3O3. The van der Waals surface area contributed by atoms with Crippen molar-refractivity contribution in [3.8, 4) is 0 Å². The van der Waals surface area contributed by atoms with Crippen molar-refractivity contribution < 1.29 is 14.7 Å². The highest BCUT2D eigenvalue weighted by molar-refractivity contribution is 6.00. The van der Waals surface area contributed by atoms with E-state index < -0.39 is 5.97 Å². The highest BCUT2D eigenvalue weighted by Crippen LogP contribution is 2.13. The fraction of sp³-hybridized carbons (Fsp3) is 0.167. The SMILES string of the molecule is Cc1cccc2c(C(=O)NCCc3ccccc3C(=O)O)cnn12. The fourth-order valence-corrected chi connectivity index (χ4v) is 2.68. The van der Waals surface area contributed by atoms with Crippen molar-refractivity contribution in [2.24, 2.45) is 0 Å². The molecule has 0 aliphatic carbocycles. The van der Waals surface area contributed by atoms with Crippen LogP contribution in [0.2, 0.25) is 0 Å². The third kappa shape index (κ3) is 2.99. The Morgan fingerprint density at radius 2 is 1.92 bits per heavy atom. The minimum absolute atomic E-state index is 0.219. The first-order valence-electron chi connectivity index (χ1n) is 7.60. The standard InChI is InChI=1S/C18H17N3O3/c1-12-5-4-8-16-15(11-20-21(12)16)17(22)19-10-9-13-6-2-3-7-14(13)18(23)24/h2-8,11H,9-10H2,1H3,(H,19,22)(H,23,24). The summed E-state index contributed by atoms with van der Waals surface area (Å²) >= 11 is 0. The molecule has 0 unspecified atom stereocenters. The highest BCUT2D eigenvalue weighted by Gasteiger charge is 2.14. The summed E-state index contributed by atoms with van der Waals surface area (Å²) in [7, 11) is 0. The Morgan fingerprint density at radius 1 is 1.12 bits per heavy atom. The van der Waals surface area contributed by atoms with E-state index in [0.717, 1.165) is 11.2 Å². The van der Waals surface area contributed by atoms with Crippen LogP contribution in [-0.2, 0) is 6.42 Å². The van der Waals surface area contributed by atoms with Gasteiger partial charge in [0.2, 0.25) is 0 Å². The topological polar surface area (TPSA) is 83.7 Å². The molecule has 122 valence electrons. The zero-order valence-electron chi connectivity index (χ0n) is 13.2. The molecule has 1 aromatic carbocycles. The second kappa shape index (κ2) is 6.54. The van der Waals surface area contributed by atoms with Crippen molar-refractivity contribution in [1.29, 1.82) is 0 Å². The molecule has 2 aromatic heterocycles. The highest BCUT2D eigenvalue weighted by atomic mass is 16.4. The number of carbonyl (C=O) groups is 2. The summed E-state index contributed by atoms with van der Waals surface area (Å²) < 4.78 is 1.72. The van der Waals surface area contributed by atoms with E-state index >= 15 is 0 Å². The molecule has 2 N–H and O–H groups in total. The number of benzene rings is 1. The summed E-state index contributed by atoms with van der Waals surface area (Å²) in [6, 6.07) is 12.4. The van der Waals surface area contributed by atoms with Crippen LogP contribution in [0.25, 0.3) is 5.52 Å². The van der Waals surface area contributed by atoms with Gasteiger partial charge in [0.1, 0.15) is 0 Å². The van der Waals surface area contributed by atoms with Crippen molar-refractivity contribution in [3.05, 3.63) is 71.0 Å². The van der Waals surface area contributed by atoms with E-state index in [1.807, 2.05) is 25.1 Å². The number of nitrogens with zero attached hydrogens (tertiary/aromatic N) is 2. The summed E-state index contributed by atoms with van der Waals surface area (Å²) in [6.07, 6.45) is 2.00. The van der Waals surface area contributed by atoms with Gasteiger partial charge >= 0.3 is 5.97 Å². The maximum Gasteiger partial charge on any atom is 0.335 e. The molecule has 0 spiro atoms. The average molecular weight is 323 g/mol. The number of carboxylic acids is 1. The van der Waals surface area contributed by atoms with Gasteiger partial charge in [-0.2, -0.15) is 5.10 Å². The lowest BCUT2D eigenvalue weighted by molar-refractivity contribution is 0.0695. The Balaban J connectivity index is 1.70. The summed E-state index contributed by atoms with van der Waals surface area (Å²) in [6.45, 7) is 2.27. The van der Waals surface area contributed by atoms with Crippen molar-refractivity contribution in [2.75, 3.05) is 6.54 Å². The van der Waals surface area contributed by atoms with Crippen LogP contribution in [0, 0.1) is 6.92 Å². The lowest BCUT2D eigenvalue weighted by atomic mass is 10.0. The molecule has 24 heavy (non-hydrogen) atoms. The van der Waals surface area contributed by atoms with E-state index in [9.17, 15) is 14.7 Å². The van der Waals surface area contributed by atoms with E-state index in [0.29, 0.717) is 24.1 Å². The predicted molar refractivity (Wildman–Crippen MR) is 89.4 cm³/mol. The third-order valence-electron chi connectivity index (χ3n) is 3.90. The van der Waals surface area contributed by atoms with E-state index in [2.05, 4.69) is 10.4 Å². The maximum atomic E-state index is 12.4. The van der Waals surface area contributed by atoms with E-state index in [-0.39, 0.29) is 11.5 Å². The number of nitrogens with one attached hydrogen (secondary N) is 1. The smallest absolute Gasteiger partial charge is 0.335 e. The first-order chi connectivity index (χ1) is 11.6. The summed E-state index contributed by atoms with van der Waals surface area (Å²) in [5.41, 5.74) is 3.16. The number of pyridine rings is 1. The van der Waals surface area contributed by atoms with E-state index in [1.165, 1.54) is 0 Å². The van der Waals surface area contributed by atoms with Crippen molar-refractivity contribution >= 4 is 17.4 Å². The summed E-state index contributed by atoms with van der Waals surface area (Å²) in [5, 5.41) is 16.2. The Labute approximate surface area is 138 Å². The van der Waals surface area contributed by atoms with Crippen molar-refractivity contribution in [3.63, 3.8) is 0 Å². The number of fused-ring (bicyclic) bond motifs is 1. The van der Waals surface area contributed by atoms with E-state index in [1.54, 1.807) is 35.0 Å². The van der Waals surface area contributed by atoms with Crippen LogP contribution in [0.1, 0.15) is 32.0 Å². The number of amides is 1. The number of carbonyl (C=O) groups excluding carboxylic acids is 1. The van der Waals surface area contributed by atoms with Crippen molar-refractivity contribution in [2.45, 2.75) is 13.3 Å². The van der Waals surface area contributed by atoms with Gasteiger partial charge in [-0.3, -0.25) is 4.79 Å². The molecule has 6 heteroatoms. The number of hydrogen-bond acceptors (Lipinski definition) is 3. The summed E-state index contributed by atoms with van der Waals surface area (Å²) in [4.78, 5) is 23.5. The predicted octanol–water partition coefficient (Wildman–Crippen LogP) is 2.31. The van der Waals surface area contributed by atoms with Gasteiger partial charge in [-0.05, 0) is 37.1 Å². The molecule has 0 aliphatic heterocycles.